The molecule has 1 amide bonds. The Balaban J connectivity index is 1.67. The van der Waals surface area contributed by atoms with Gasteiger partial charge in [0.2, 0.25) is 0 Å². The molecule has 2 aliphatic heterocycles. The summed E-state index contributed by atoms with van der Waals surface area (Å²) in [6, 6.07) is 0. The third kappa shape index (κ3) is 3.66. The van der Waals surface area contributed by atoms with Gasteiger partial charge in [0.25, 0.3) is 5.91 Å². The van der Waals surface area contributed by atoms with Gasteiger partial charge in [0.05, 0.1) is 31.9 Å². The molecule has 1 unspecified atom stereocenters. The number of hydrogen-bond donors (Lipinski definition) is 0. The number of nitrogens with zero attached hydrogens (tertiary/aromatic N) is 7. The van der Waals surface area contributed by atoms with E-state index in [-0.39, 0.29) is 5.91 Å². The number of aromatic nitrogens is 5. The number of amides is 1. The van der Waals surface area contributed by atoms with Gasteiger partial charge in [0.15, 0.2) is 5.82 Å². The summed E-state index contributed by atoms with van der Waals surface area (Å²) in [6.07, 6.45) is 1.77. The van der Waals surface area contributed by atoms with E-state index in [2.05, 4.69) is 25.4 Å². The maximum atomic E-state index is 13.0. The van der Waals surface area contributed by atoms with Crippen LogP contribution < -0.4 is 0 Å². The van der Waals surface area contributed by atoms with E-state index in [4.69, 9.17) is 9.47 Å². The second kappa shape index (κ2) is 8.60. The molecule has 0 spiro atoms. The number of methoxy groups -OCH3 is 1. The first-order valence-electron chi connectivity index (χ1n) is 9.50. The Morgan fingerprint density at radius 2 is 2.21 bits per heavy atom. The van der Waals surface area contributed by atoms with Crippen molar-refractivity contribution in [3.05, 3.63) is 22.4 Å². The zero-order valence-corrected chi connectivity index (χ0v) is 16.8. The third-order valence-electron chi connectivity index (χ3n) is 5.48. The molecule has 2 aromatic rings. The van der Waals surface area contributed by atoms with Gasteiger partial charge in [-0.25, -0.2) is 9.67 Å². The number of piperidine rings is 1. The lowest BCUT2D eigenvalue weighted by atomic mass is 9.85. The predicted molar refractivity (Wildman–Crippen MR) is 101 cm³/mol. The summed E-state index contributed by atoms with van der Waals surface area (Å²) in [4.78, 5) is 21.5. The lowest BCUT2D eigenvalue weighted by Gasteiger charge is -2.49. The number of tetrazole rings is 1. The van der Waals surface area contributed by atoms with Crippen LogP contribution in [-0.2, 0) is 21.6 Å². The molecule has 1 atom stereocenters. The van der Waals surface area contributed by atoms with Gasteiger partial charge in [-0.05, 0) is 23.3 Å². The Morgan fingerprint density at radius 3 is 2.96 bits per heavy atom. The summed E-state index contributed by atoms with van der Waals surface area (Å²) in [5, 5.41) is 14.3. The van der Waals surface area contributed by atoms with Gasteiger partial charge in [0, 0.05) is 38.7 Å². The number of likely N-dealkylation sites (tertiary alicyclic amines) is 1. The molecule has 4 rings (SSSR count). The minimum absolute atomic E-state index is 0.0329. The summed E-state index contributed by atoms with van der Waals surface area (Å²) in [5.74, 6) is 0.761. The van der Waals surface area contributed by atoms with Crippen LogP contribution in [0.25, 0.3) is 0 Å². The highest BCUT2D eigenvalue weighted by Crippen LogP contribution is 2.37. The summed E-state index contributed by atoms with van der Waals surface area (Å²) in [5.41, 5.74) is 1.75. The molecule has 28 heavy (non-hydrogen) atoms. The van der Waals surface area contributed by atoms with Crippen molar-refractivity contribution in [1.29, 1.82) is 0 Å². The number of rotatable bonds is 6. The highest BCUT2D eigenvalue weighted by Gasteiger charge is 2.47. The normalized spacial score (nSPS) is 23.8. The topological polar surface area (TPSA) is 98.5 Å². The molecule has 0 bridgehead atoms. The molecule has 0 saturated carbocycles. The van der Waals surface area contributed by atoms with Crippen molar-refractivity contribution in [2.75, 3.05) is 53.1 Å². The van der Waals surface area contributed by atoms with Crippen molar-refractivity contribution in [1.82, 2.24) is 35.0 Å². The van der Waals surface area contributed by atoms with E-state index < -0.39 is 5.54 Å². The van der Waals surface area contributed by atoms with Gasteiger partial charge in [-0.15, -0.1) is 16.4 Å². The molecule has 2 aromatic heterocycles. The first-order valence-corrected chi connectivity index (χ1v) is 10.4. The molecule has 0 radical (unpaired) electrons. The van der Waals surface area contributed by atoms with Gasteiger partial charge in [-0.1, -0.05) is 0 Å². The number of thiazole rings is 1. The SMILES string of the molecule is COCCn1nnnc1C1(N2CCOCC2)CCCN(C(=O)c2cscn2)C1. The fourth-order valence-corrected chi connectivity index (χ4v) is 4.66. The number of hydrogen-bond acceptors (Lipinski definition) is 9. The van der Waals surface area contributed by atoms with Crippen LogP contribution in [-0.4, -0.2) is 94.0 Å². The van der Waals surface area contributed by atoms with Gasteiger partial charge in [0.1, 0.15) is 11.2 Å². The van der Waals surface area contributed by atoms with Crippen LogP contribution in [0.5, 0.6) is 0 Å². The number of morpholine rings is 1. The largest absolute Gasteiger partial charge is 0.383 e. The summed E-state index contributed by atoms with van der Waals surface area (Å²) in [7, 11) is 1.66. The fraction of sp³-hybridized carbons (Fsp3) is 0.706. The summed E-state index contributed by atoms with van der Waals surface area (Å²) < 4.78 is 12.6. The second-order valence-electron chi connectivity index (χ2n) is 7.05. The predicted octanol–water partition coefficient (Wildman–Crippen LogP) is 0.240. The molecule has 11 heteroatoms. The molecule has 2 saturated heterocycles. The minimum atomic E-state index is -0.440. The number of carbonyl (C=O) groups excluding carboxylic acids is 1. The molecule has 0 aromatic carbocycles. The second-order valence-corrected chi connectivity index (χ2v) is 7.77. The van der Waals surface area contributed by atoms with Crippen LogP contribution in [0.3, 0.4) is 0 Å². The van der Waals surface area contributed by atoms with E-state index >= 15 is 0 Å². The van der Waals surface area contributed by atoms with Crippen molar-refractivity contribution in [2.45, 2.75) is 24.9 Å². The highest BCUT2D eigenvalue weighted by atomic mass is 32.1. The fourth-order valence-electron chi connectivity index (χ4n) is 4.13. The molecule has 2 fully saturated rings. The van der Waals surface area contributed by atoms with Crippen molar-refractivity contribution < 1.29 is 14.3 Å². The van der Waals surface area contributed by atoms with Crippen molar-refractivity contribution in [3.8, 4) is 0 Å². The molecule has 4 heterocycles. The first kappa shape index (κ1) is 19.4. The molecule has 0 N–H and O–H groups in total. The van der Waals surface area contributed by atoms with Crippen LogP contribution in [0.4, 0.5) is 0 Å². The molecule has 152 valence electrons. The third-order valence-corrected chi connectivity index (χ3v) is 6.07. The zero-order chi connectivity index (χ0) is 19.4. The first-order chi connectivity index (χ1) is 13.7. The van der Waals surface area contributed by atoms with E-state index in [0.29, 0.717) is 45.1 Å². The molecule has 10 nitrogen and oxygen atoms in total. The lowest BCUT2D eigenvalue weighted by molar-refractivity contribution is -0.0573. The van der Waals surface area contributed by atoms with Crippen LogP contribution in [0.2, 0.25) is 0 Å². The van der Waals surface area contributed by atoms with Gasteiger partial charge in [-0.2, -0.15) is 0 Å². The van der Waals surface area contributed by atoms with E-state index in [1.807, 2.05) is 9.58 Å². The Hall–Kier alpha value is -1.95. The summed E-state index contributed by atoms with van der Waals surface area (Å²) in [6.45, 7) is 5.26. The Bertz CT molecular complexity index is 778. The van der Waals surface area contributed by atoms with Gasteiger partial charge < -0.3 is 14.4 Å². The van der Waals surface area contributed by atoms with E-state index in [9.17, 15) is 4.79 Å². The van der Waals surface area contributed by atoms with Crippen molar-refractivity contribution >= 4 is 17.2 Å². The molecular weight excluding hydrogens is 382 g/mol. The van der Waals surface area contributed by atoms with Crippen LogP contribution in [0, 0.1) is 0 Å². The van der Waals surface area contributed by atoms with Crippen LogP contribution in [0.15, 0.2) is 10.9 Å². The summed E-state index contributed by atoms with van der Waals surface area (Å²) >= 11 is 1.43. The van der Waals surface area contributed by atoms with Crippen LogP contribution in [0.1, 0.15) is 29.2 Å². The molecule has 2 aliphatic rings. The molecular formula is C17H25N7O3S. The van der Waals surface area contributed by atoms with E-state index in [1.165, 1.54) is 11.3 Å². The maximum absolute atomic E-state index is 13.0. The number of ether oxygens (including phenoxy) is 2. The minimum Gasteiger partial charge on any atom is -0.383 e. The Kier molecular flexibility index (Phi) is 5.95. The monoisotopic (exact) mass is 407 g/mol. The lowest BCUT2D eigenvalue weighted by Crippen LogP contribution is -2.61. The smallest absolute Gasteiger partial charge is 0.273 e. The average Bonchev–Trinajstić information content (AvgIpc) is 3.44. The Labute approximate surface area is 167 Å². The standard InChI is InChI=1S/C17H25N7O3S/c1-26-8-7-24-16(19-20-21-24)17(23-5-9-27-10-6-23)3-2-4-22(12-17)15(25)14-11-28-13-18-14/h11,13H,2-10,12H2,1H3. The number of carbonyl (C=O) groups is 1. The van der Waals surface area contributed by atoms with Crippen molar-refractivity contribution in [2.24, 2.45) is 0 Å². The van der Waals surface area contributed by atoms with E-state index in [0.717, 1.165) is 31.8 Å². The average molecular weight is 408 g/mol. The molecule has 0 aliphatic carbocycles. The maximum Gasteiger partial charge on any atom is 0.273 e. The van der Waals surface area contributed by atoms with Crippen molar-refractivity contribution in [3.63, 3.8) is 0 Å². The van der Waals surface area contributed by atoms with Gasteiger partial charge in [-0.3, -0.25) is 9.69 Å². The quantitative estimate of drug-likeness (QED) is 0.672. The Morgan fingerprint density at radius 1 is 1.36 bits per heavy atom. The van der Waals surface area contributed by atoms with E-state index in [1.54, 1.807) is 18.0 Å². The highest BCUT2D eigenvalue weighted by molar-refractivity contribution is 7.07. The van der Waals surface area contributed by atoms with Crippen LogP contribution >= 0.6 is 11.3 Å². The van der Waals surface area contributed by atoms with Gasteiger partial charge >= 0.3 is 0 Å². The zero-order valence-electron chi connectivity index (χ0n) is 16.0.